The monoisotopic (exact) mass is 388 g/mol. The minimum Gasteiger partial charge on any atom is -0.448 e. The van der Waals surface area contributed by atoms with E-state index < -0.39 is 12.1 Å². The predicted molar refractivity (Wildman–Crippen MR) is 106 cm³/mol. The molecule has 3 heterocycles. The summed E-state index contributed by atoms with van der Waals surface area (Å²) in [7, 11) is 0. The predicted octanol–water partition coefficient (Wildman–Crippen LogP) is 4.25. The van der Waals surface area contributed by atoms with Crippen molar-refractivity contribution in [1.82, 2.24) is 19.9 Å². The summed E-state index contributed by atoms with van der Waals surface area (Å²) in [5.74, 6) is 0.0613. The van der Waals surface area contributed by atoms with Crippen LogP contribution in [0.3, 0.4) is 0 Å². The Hall–Kier alpha value is -3.45. The summed E-state index contributed by atoms with van der Waals surface area (Å²) in [6, 6.07) is 15.0. The molecular weight excluding hydrogens is 372 g/mol. The van der Waals surface area contributed by atoms with Crippen LogP contribution in [0.25, 0.3) is 10.8 Å². The number of esters is 1. The molecule has 0 radical (unpaired) electrons. The molecule has 0 aliphatic heterocycles. The van der Waals surface area contributed by atoms with Crippen molar-refractivity contribution in [2.24, 2.45) is 0 Å². The third kappa shape index (κ3) is 3.79. The van der Waals surface area contributed by atoms with E-state index in [1.165, 1.54) is 11.3 Å². The molecule has 28 heavy (non-hydrogen) atoms. The van der Waals surface area contributed by atoms with E-state index in [1.54, 1.807) is 37.8 Å². The molecule has 138 valence electrons. The number of carbonyl (C=O) groups excluding carboxylic acids is 1. The first-order valence-corrected chi connectivity index (χ1v) is 9.44. The average molecular weight is 388 g/mol. The Morgan fingerprint density at radius 3 is 2.32 bits per heavy atom. The molecule has 0 bridgehead atoms. The maximum atomic E-state index is 13.0. The number of nitrogens with zero attached hydrogens (tertiary/aromatic N) is 4. The first-order valence-electron chi connectivity index (χ1n) is 8.63. The number of aryl methyl sites for hydroxylation is 1. The molecule has 0 saturated heterocycles. The highest BCUT2D eigenvalue weighted by atomic mass is 32.1. The van der Waals surface area contributed by atoms with Gasteiger partial charge in [0.2, 0.25) is 0 Å². The fraction of sp³-hybridized carbons (Fsp3) is 0.0952. The summed E-state index contributed by atoms with van der Waals surface area (Å²) in [5.41, 5.74) is 2.33. The highest BCUT2D eigenvalue weighted by Crippen LogP contribution is 2.30. The van der Waals surface area contributed by atoms with Crippen molar-refractivity contribution in [3.8, 4) is 10.8 Å². The zero-order valence-electron chi connectivity index (χ0n) is 15.0. The molecule has 1 aromatic carbocycles. The van der Waals surface area contributed by atoms with Gasteiger partial charge in [-0.25, -0.2) is 19.7 Å². The number of thiazole rings is 1. The van der Waals surface area contributed by atoms with E-state index in [0.29, 0.717) is 21.4 Å². The van der Waals surface area contributed by atoms with Crippen LogP contribution in [0.4, 0.5) is 0 Å². The summed E-state index contributed by atoms with van der Waals surface area (Å²) in [6.45, 7) is 1.78. The van der Waals surface area contributed by atoms with Gasteiger partial charge in [-0.1, -0.05) is 30.3 Å². The number of ether oxygens (including phenoxy) is 1. The van der Waals surface area contributed by atoms with Gasteiger partial charge in [-0.3, -0.25) is 4.98 Å². The number of carbonyl (C=O) groups is 1. The van der Waals surface area contributed by atoms with Gasteiger partial charge in [0.15, 0.2) is 16.9 Å². The van der Waals surface area contributed by atoms with E-state index in [4.69, 9.17) is 4.74 Å². The molecule has 0 amide bonds. The van der Waals surface area contributed by atoms with Gasteiger partial charge < -0.3 is 4.74 Å². The van der Waals surface area contributed by atoms with Crippen molar-refractivity contribution in [3.63, 3.8) is 0 Å². The van der Waals surface area contributed by atoms with Gasteiger partial charge in [-0.15, -0.1) is 11.3 Å². The fourth-order valence-corrected chi connectivity index (χ4v) is 3.64. The summed E-state index contributed by atoms with van der Waals surface area (Å²) < 4.78 is 5.90. The van der Waals surface area contributed by atoms with Crippen molar-refractivity contribution in [2.45, 2.75) is 13.0 Å². The van der Waals surface area contributed by atoms with Crippen LogP contribution >= 0.6 is 11.3 Å². The van der Waals surface area contributed by atoms with Crippen molar-refractivity contribution < 1.29 is 9.53 Å². The molecule has 0 aliphatic carbocycles. The van der Waals surface area contributed by atoms with E-state index in [0.717, 1.165) is 11.1 Å². The zero-order chi connectivity index (χ0) is 19.3. The highest BCUT2D eigenvalue weighted by molar-refractivity contribution is 7.16. The lowest BCUT2D eigenvalue weighted by molar-refractivity contribution is 0.0382. The molecule has 3 aromatic heterocycles. The zero-order valence-corrected chi connectivity index (χ0v) is 15.8. The van der Waals surface area contributed by atoms with Gasteiger partial charge in [0.05, 0.1) is 5.69 Å². The van der Waals surface area contributed by atoms with E-state index in [2.05, 4.69) is 19.9 Å². The fourth-order valence-electron chi connectivity index (χ4n) is 2.75. The van der Waals surface area contributed by atoms with Gasteiger partial charge in [0.1, 0.15) is 4.88 Å². The molecule has 4 aromatic rings. The molecule has 1 atom stereocenters. The Morgan fingerprint density at radius 2 is 1.61 bits per heavy atom. The van der Waals surface area contributed by atoms with Gasteiger partial charge in [-0.05, 0) is 30.7 Å². The van der Waals surface area contributed by atoms with Crippen molar-refractivity contribution in [3.05, 3.63) is 95.0 Å². The number of hydrogen-bond acceptors (Lipinski definition) is 7. The number of aromatic nitrogens is 4. The molecule has 0 saturated carbocycles. The van der Waals surface area contributed by atoms with E-state index in [-0.39, 0.29) is 0 Å². The SMILES string of the molecule is Cc1nc(-c2ncccn2)sc1C(=O)OC(c1ccccc1)c1ccncc1. The van der Waals surface area contributed by atoms with Crippen molar-refractivity contribution >= 4 is 17.3 Å². The molecular formula is C21H16N4O2S. The highest BCUT2D eigenvalue weighted by Gasteiger charge is 2.24. The van der Waals surface area contributed by atoms with Crippen LogP contribution in [0.5, 0.6) is 0 Å². The van der Waals surface area contributed by atoms with Crippen molar-refractivity contribution in [2.75, 3.05) is 0 Å². The normalized spacial score (nSPS) is 11.8. The minimum absolute atomic E-state index is 0.428. The second kappa shape index (κ2) is 8.06. The summed E-state index contributed by atoms with van der Waals surface area (Å²) in [6.07, 6.45) is 6.12. The smallest absolute Gasteiger partial charge is 0.351 e. The van der Waals surface area contributed by atoms with Crippen LogP contribution < -0.4 is 0 Å². The molecule has 4 rings (SSSR count). The first kappa shape index (κ1) is 17.9. The van der Waals surface area contributed by atoms with Gasteiger partial charge in [0, 0.05) is 30.4 Å². The van der Waals surface area contributed by atoms with E-state index in [1.807, 2.05) is 42.5 Å². The lowest BCUT2D eigenvalue weighted by Gasteiger charge is -2.18. The number of rotatable bonds is 5. The summed E-state index contributed by atoms with van der Waals surface area (Å²) in [4.78, 5) is 30.3. The van der Waals surface area contributed by atoms with Crippen LogP contribution in [-0.2, 0) is 4.74 Å². The third-order valence-electron chi connectivity index (χ3n) is 4.08. The number of hydrogen-bond donors (Lipinski definition) is 0. The maximum absolute atomic E-state index is 13.0. The van der Waals surface area contributed by atoms with Gasteiger partial charge in [0.25, 0.3) is 0 Å². The quantitative estimate of drug-likeness (QED) is 0.476. The second-order valence-corrected chi connectivity index (χ2v) is 6.98. The van der Waals surface area contributed by atoms with E-state index >= 15 is 0 Å². The van der Waals surface area contributed by atoms with Crippen molar-refractivity contribution in [1.29, 1.82) is 0 Å². The van der Waals surface area contributed by atoms with Crippen LogP contribution in [0, 0.1) is 6.92 Å². The van der Waals surface area contributed by atoms with Crippen LogP contribution in [0.1, 0.15) is 32.6 Å². The molecule has 0 aliphatic rings. The maximum Gasteiger partial charge on any atom is 0.351 e. The number of benzene rings is 1. The number of pyridine rings is 1. The Kier molecular flexibility index (Phi) is 5.16. The van der Waals surface area contributed by atoms with Gasteiger partial charge >= 0.3 is 5.97 Å². The topological polar surface area (TPSA) is 77.9 Å². The molecule has 0 N–H and O–H groups in total. The second-order valence-electron chi connectivity index (χ2n) is 5.98. The Labute approximate surface area is 165 Å². The molecule has 7 heteroatoms. The molecule has 1 unspecified atom stereocenters. The molecule has 0 fully saturated rings. The van der Waals surface area contributed by atoms with Crippen LogP contribution in [0.2, 0.25) is 0 Å². The largest absolute Gasteiger partial charge is 0.448 e. The van der Waals surface area contributed by atoms with Crippen LogP contribution in [0.15, 0.2) is 73.3 Å². The Bertz CT molecular complexity index is 1030. The lowest BCUT2D eigenvalue weighted by Crippen LogP contribution is -2.13. The lowest BCUT2D eigenvalue weighted by atomic mass is 10.0. The van der Waals surface area contributed by atoms with Crippen LogP contribution in [-0.4, -0.2) is 25.9 Å². The first-order chi connectivity index (χ1) is 13.7. The minimum atomic E-state index is -0.533. The summed E-state index contributed by atoms with van der Waals surface area (Å²) in [5, 5.41) is 0.588. The van der Waals surface area contributed by atoms with E-state index in [9.17, 15) is 4.79 Å². The standard InChI is InChI=1S/C21H16N4O2S/c1-14-18(28-20(25-14)19-23-10-5-11-24-19)21(26)27-17(15-6-3-2-4-7-15)16-8-12-22-13-9-16/h2-13,17H,1H3. The molecule has 0 spiro atoms. The average Bonchev–Trinajstić information content (AvgIpc) is 3.15. The Balaban J connectivity index is 1.65. The molecule has 6 nitrogen and oxygen atoms in total. The Morgan fingerprint density at radius 1 is 0.929 bits per heavy atom. The third-order valence-corrected chi connectivity index (χ3v) is 5.21. The van der Waals surface area contributed by atoms with Gasteiger partial charge in [-0.2, -0.15) is 0 Å². The summed E-state index contributed by atoms with van der Waals surface area (Å²) >= 11 is 1.23.